The van der Waals surface area contributed by atoms with Gasteiger partial charge in [0.05, 0.1) is 0 Å². The number of phenolic OH excluding ortho intramolecular Hbond substituents is 2. The van der Waals surface area contributed by atoms with Crippen molar-refractivity contribution in [3.8, 4) is 11.5 Å². The van der Waals surface area contributed by atoms with Crippen molar-refractivity contribution in [3.63, 3.8) is 0 Å². The van der Waals surface area contributed by atoms with Crippen molar-refractivity contribution in [2.45, 2.75) is 25.8 Å². The van der Waals surface area contributed by atoms with E-state index in [0.717, 1.165) is 24.9 Å². The van der Waals surface area contributed by atoms with E-state index in [1.165, 1.54) is 6.07 Å². The van der Waals surface area contributed by atoms with Crippen molar-refractivity contribution >= 4 is 0 Å². The van der Waals surface area contributed by atoms with E-state index in [4.69, 9.17) is 0 Å². The van der Waals surface area contributed by atoms with Gasteiger partial charge in [0, 0.05) is 30.7 Å². The summed E-state index contributed by atoms with van der Waals surface area (Å²) in [6.07, 6.45) is 2.13. The van der Waals surface area contributed by atoms with Gasteiger partial charge in [-0.25, -0.2) is 0 Å². The molecule has 1 saturated carbocycles. The highest BCUT2D eigenvalue weighted by Crippen LogP contribution is 2.44. The predicted octanol–water partition coefficient (Wildman–Crippen LogP) is 1.52. The monoisotopic (exact) mass is 237 g/mol. The topological polar surface area (TPSA) is 72.7 Å². The second-order valence-electron chi connectivity index (χ2n) is 5.04. The third kappa shape index (κ3) is 2.90. The van der Waals surface area contributed by atoms with Crippen LogP contribution in [0, 0.1) is 5.41 Å². The molecule has 0 heterocycles. The third-order valence-corrected chi connectivity index (χ3v) is 3.50. The Kier molecular flexibility index (Phi) is 3.26. The Bertz CT molecular complexity index is 381. The lowest BCUT2D eigenvalue weighted by Gasteiger charge is -2.19. The van der Waals surface area contributed by atoms with Crippen molar-refractivity contribution in [1.82, 2.24) is 5.32 Å². The summed E-state index contributed by atoms with van der Waals surface area (Å²) in [5, 5.41) is 31.3. The smallest absolute Gasteiger partial charge is 0.119 e. The minimum Gasteiger partial charge on any atom is -0.508 e. The van der Waals surface area contributed by atoms with E-state index in [1.54, 1.807) is 12.1 Å². The van der Waals surface area contributed by atoms with Gasteiger partial charge in [-0.3, -0.25) is 0 Å². The molecule has 4 nitrogen and oxygen atoms in total. The van der Waals surface area contributed by atoms with Crippen LogP contribution in [0.15, 0.2) is 18.2 Å². The van der Waals surface area contributed by atoms with Crippen molar-refractivity contribution in [3.05, 3.63) is 23.8 Å². The quantitative estimate of drug-likeness (QED) is 0.626. The van der Waals surface area contributed by atoms with Crippen LogP contribution in [0.3, 0.4) is 0 Å². The zero-order valence-corrected chi connectivity index (χ0v) is 9.98. The Balaban J connectivity index is 1.97. The number of nitrogens with one attached hydrogen (secondary N) is 1. The van der Waals surface area contributed by atoms with E-state index >= 15 is 0 Å². The van der Waals surface area contributed by atoms with Crippen LogP contribution >= 0.6 is 0 Å². The van der Waals surface area contributed by atoms with Crippen molar-refractivity contribution < 1.29 is 15.3 Å². The number of rotatable bonds is 5. The van der Waals surface area contributed by atoms with Crippen LogP contribution in [0.1, 0.15) is 31.4 Å². The van der Waals surface area contributed by atoms with E-state index in [9.17, 15) is 15.3 Å². The molecule has 1 atom stereocenters. The number of benzene rings is 1. The first kappa shape index (κ1) is 12.2. The fraction of sp³-hybridized carbons (Fsp3) is 0.538. The molecule has 17 heavy (non-hydrogen) atoms. The molecule has 0 spiro atoms. The van der Waals surface area contributed by atoms with Crippen LogP contribution < -0.4 is 5.32 Å². The fourth-order valence-corrected chi connectivity index (χ4v) is 1.92. The highest BCUT2D eigenvalue weighted by atomic mass is 16.3. The summed E-state index contributed by atoms with van der Waals surface area (Å²) in [5.41, 5.74) is 0.906. The largest absolute Gasteiger partial charge is 0.508 e. The van der Waals surface area contributed by atoms with Gasteiger partial charge in [-0.15, -0.1) is 0 Å². The summed E-state index contributed by atoms with van der Waals surface area (Å²) in [7, 11) is 0. The zero-order valence-electron chi connectivity index (χ0n) is 9.98. The fourth-order valence-electron chi connectivity index (χ4n) is 1.92. The molecule has 1 unspecified atom stereocenters. The van der Waals surface area contributed by atoms with Gasteiger partial charge in [0.15, 0.2) is 0 Å². The molecule has 0 radical (unpaired) electrons. The lowest BCUT2D eigenvalue weighted by molar-refractivity contribution is 0.204. The molecule has 4 N–H and O–H groups in total. The minimum atomic E-state index is 0.0389. The summed E-state index contributed by atoms with van der Waals surface area (Å²) >= 11 is 0. The van der Waals surface area contributed by atoms with Gasteiger partial charge < -0.3 is 20.6 Å². The molecule has 0 amide bonds. The molecule has 0 saturated heterocycles. The van der Waals surface area contributed by atoms with E-state index in [-0.39, 0.29) is 29.6 Å². The second-order valence-corrected chi connectivity index (χ2v) is 5.04. The molecule has 1 fully saturated rings. The van der Waals surface area contributed by atoms with Gasteiger partial charge >= 0.3 is 0 Å². The number of hydrogen-bond donors (Lipinski definition) is 4. The Morgan fingerprint density at radius 3 is 2.29 bits per heavy atom. The maximum Gasteiger partial charge on any atom is 0.119 e. The molecule has 0 bridgehead atoms. The summed E-state index contributed by atoms with van der Waals surface area (Å²) < 4.78 is 0. The van der Waals surface area contributed by atoms with Crippen LogP contribution in [0.4, 0.5) is 0 Å². The van der Waals surface area contributed by atoms with Gasteiger partial charge in [0.1, 0.15) is 11.5 Å². The number of aromatic hydroxyl groups is 2. The molecule has 4 heteroatoms. The molecule has 1 aliphatic carbocycles. The first-order valence-corrected chi connectivity index (χ1v) is 5.92. The van der Waals surface area contributed by atoms with E-state index in [1.807, 2.05) is 6.92 Å². The zero-order chi connectivity index (χ0) is 12.5. The predicted molar refractivity (Wildman–Crippen MR) is 64.9 cm³/mol. The number of hydrogen-bond acceptors (Lipinski definition) is 4. The Labute approximate surface area is 101 Å². The van der Waals surface area contributed by atoms with E-state index in [0.29, 0.717) is 0 Å². The van der Waals surface area contributed by atoms with Crippen LogP contribution in [0.2, 0.25) is 0 Å². The molecule has 0 aromatic heterocycles. The Morgan fingerprint density at radius 2 is 1.82 bits per heavy atom. The number of phenols is 2. The maximum absolute atomic E-state index is 9.40. The Hall–Kier alpha value is -1.26. The summed E-state index contributed by atoms with van der Waals surface area (Å²) in [5.74, 6) is 0.133. The van der Waals surface area contributed by atoms with Gasteiger partial charge in [-0.2, -0.15) is 0 Å². The first-order valence-electron chi connectivity index (χ1n) is 5.92. The molecule has 1 aromatic rings. The summed E-state index contributed by atoms with van der Waals surface area (Å²) in [6, 6.07) is 4.62. The summed E-state index contributed by atoms with van der Waals surface area (Å²) in [4.78, 5) is 0. The lowest BCUT2D eigenvalue weighted by Crippen LogP contribution is -2.28. The molecule has 2 rings (SSSR count). The summed E-state index contributed by atoms with van der Waals surface area (Å²) in [6.45, 7) is 2.96. The van der Waals surface area contributed by atoms with Crippen molar-refractivity contribution in [2.24, 2.45) is 5.41 Å². The van der Waals surface area contributed by atoms with Gasteiger partial charge in [-0.1, -0.05) is 0 Å². The SMILES string of the molecule is CC(NCC1(CO)CC1)c1cc(O)cc(O)c1. The number of aliphatic hydroxyl groups is 1. The average Bonchev–Trinajstić information content (AvgIpc) is 3.05. The number of aliphatic hydroxyl groups excluding tert-OH is 1. The normalized spacial score (nSPS) is 18.9. The van der Waals surface area contributed by atoms with Crippen molar-refractivity contribution in [2.75, 3.05) is 13.2 Å². The van der Waals surface area contributed by atoms with E-state index in [2.05, 4.69) is 5.32 Å². The standard InChI is InChI=1S/C13H19NO3/c1-9(14-7-13(8-15)2-3-13)10-4-11(16)6-12(17)5-10/h4-6,9,14-17H,2-3,7-8H2,1H3. The van der Waals surface area contributed by atoms with Gasteiger partial charge in [0.25, 0.3) is 0 Å². The molecule has 0 aliphatic heterocycles. The third-order valence-electron chi connectivity index (χ3n) is 3.50. The highest BCUT2D eigenvalue weighted by Gasteiger charge is 2.41. The molecular weight excluding hydrogens is 218 g/mol. The lowest BCUT2D eigenvalue weighted by atomic mass is 10.0. The first-order chi connectivity index (χ1) is 8.04. The van der Waals surface area contributed by atoms with Gasteiger partial charge in [-0.05, 0) is 37.5 Å². The molecule has 1 aromatic carbocycles. The molecular formula is C13H19NO3. The van der Waals surface area contributed by atoms with Crippen LogP contribution in [-0.2, 0) is 0 Å². The molecule has 94 valence electrons. The highest BCUT2D eigenvalue weighted by molar-refractivity contribution is 5.37. The van der Waals surface area contributed by atoms with Crippen molar-refractivity contribution in [1.29, 1.82) is 0 Å². The van der Waals surface area contributed by atoms with Crippen LogP contribution in [0.5, 0.6) is 11.5 Å². The second kappa shape index (κ2) is 4.55. The Morgan fingerprint density at radius 1 is 1.24 bits per heavy atom. The van der Waals surface area contributed by atoms with Crippen LogP contribution in [-0.4, -0.2) is 28.5 Å². The van der Waals surface area contributed by atoms with E-state index < -0.39 is 0 Å². The minimum absolute atomic E-state index is 0.0389. The van der Waals surface area contributed by atoms with Crippen LogP contribution in [0.25, 0.3) is 0 Å². The van der Waals surface area contributed by atoms with Gasteiger partial charge in [0.2, 0.25) is 0 Å². The average molecular weight is 237 g/mol. The molecule has 1 aliphatic rings. The maximum atomic E-state index is 9.40.